The van der Waals surface area contributed by atoms with Crippen LogP contribution in [0.2, 0.25) is 0 Å². The van der Waals surface area contributed by atoms with Crippen LogP contribution < -0.4 is 0 Å². The van der Waals surface area contributed by atoms with Crippen LogP contribution in [0.1, 0.15) is 48.8 Å². The van der Waals surface area contributed by atoms with Crippen molar-refractivity contribution in [1.82, 2.24) is 29.9 Å². The lowest BCUT2D eigenvalue weighted by Crippen LogP contribution is -2.23. The number of hydrogen-bond donors (Lipinski definition) is 0. The summed E-state index contributed by atoms with van der Waals surface area (Å²) in [5.41, 5.74) is 1.79. The molecule has 0 saturated carbocycles. The summed E-state index contributed by atoms with van der Waals surface area (Å²) in [5, 5.41) is 28.9. The highest BCUT2D eigenvalue weighted by Crippen LogP contribution is 2.36. The lowest BCUT2D eigenvalue weighted by atomic mass is 10.2. The molecule has 0 aliphatic carbocycles. The fourth-order valence-corrected chi connectivity index (χ4v) is 4.66. The number of nitro benzene ring substituents is 1. The van der Waals surface area contributed by atoms with Crippen molar-refractivity contribution >= 4 is 17.4 Å². The lowest BCUT2D eigenvalue weighted by Gasteiger charge is -2.23. The lowest BCUT2D eigenvalue weighted by molar-refractivity contribution is -0.384. The predicted molar refractivity (Wildman–Crippen MR) is 133 cm³/mol. The van der Waals surface area contributed by atoms with Gasteiger partial charge in [-0.2, -0.15) is 0 Å². The second-order valence-electron chi connectivity index (χ2n) is 8.31. The summed E-state index contributed by atoms with van der Waals surface area (Å²) in [5.74, 6) is 1.67. The first kappa shape index (κ1) is 24.6. The molecule has 2 atom stereocenters. The van der Waals surface area contributed by atoms with Gasteiger partial charge in [-0.1, -0.05) is 49.0 Å². The maximum Gasteiger partial charge on any atom is 0.269 e. The third-order valence-corrected chi connectivity index (χ3v) is 6.70. The highest BCUT2D eigenvalue weighted by Gasteiger charge is 2.25. The van der Waals surface area contributed by atoms with Crippen molar-refractivity contribution in [3.05, 3.63) is 82.0 Å². The van der Waals surface area contributed by atoms with Crippen molar-refractivity contribution in [3.63, 3.8) is 0 Å². The molecule has 0 saturated heterocycles. The van der Waals surface area contributed by atoms with Crippen molar-refractivity contribution in [2.45, 2.75) is 43.3 Å². The molecule has 2 unspecified atom stereocenters. The Labute approximate surface area is 207 Å². The van der Waals surface area contributed by atoms with Crippen molar-refractivity contribution in [1.29, 1.82) is 0 Å². The minimum absolute atomic E-state index is 0.00840. The number of nitro groups is 1. The van der Waals surface area contributed by atoms with E-state index in [2.05, 4.69) is 48.9 Å². The van der Waals surface area contributed by atoms with E-state index >= 15 is 0 Å². The first-order valence-corrected chi connectivity index (χ1v) is 12.1. The van der Waals surface area contributed by atoms with Gasteiger partial charge in [-0.05, 0) is 45.1 Å². The third kappa shape index (κ3) is 5.57. The fraction of sp³-hybridized carbons (Fsp3) is 0.333. The number of thioether (sulfide) groups is 1. The molecule has 2 aromatic heterocycles. The van der Waals surface area contributed by atoms with Crippen LogP contribution in [-0.2, 0) is 6.54 Å². The quantitative estimate of drug-likeness (QED) is 0.168. The van der Waals surface area contributed by atoms with Crippen LogP contribution in [0, 0.1) is 10.1 Å². The zero-order valence-electron chi connectivity index (χ0n) is 20.0. The molecule has 35 heavy (non-hydrogen) atoms. The summed E-state index contributed by atoms with van der Waals surface area (Å²) < 4.78 is 8.05. The monoisotopic (exact) mass is 493 g/mol. The van der Waals surface area contributed by atoms with Gasteiger partial charge in [0.15, 0.2) is 11.0 Å². The second kappa shape index (κ2) is 10.8. The van der Waals surface area contributed by atoms with Gasteiger partial charge < -0.3 is 8.98 Å². The van der Waals surface area contributed by atoms with Crippen molar-refractivity contribution in [3.8, 4) is 11.5 Å². The highest BCUT2D eigenvalue weighted by atomic mass is 32.2. The molecule has 10 nitrogen and oxygen atoms in total. The summed E-state index contributed by atoms with van der Waals surface area (Å²) in [6.45, 7) is 4.77. The number of rotatable bonds is 10. The number of benzene rings is 2. The minimum atomic E-state index is -0.443. The Kier molecular flexibility index (Phi) is 7.57. The fourth-order valence-electron chi connectivity index (χ4n) is 3.78. The molecule has 0 aliphatic rings. The van der Waals surface area contributed by atoms with E-state index < -0.39 is 4.92 Å². The van der Waals surface area contributed by atoms with Crippen LogP contribution in [0.4, 0.5) is 5.69 Å². The van der Waals surface area contributed by atoms with Crippen LogP contribution in [0.25, 0.3) is 11.5 Å². The molecule has 0 N–H and O–H groups in total. The normalized spacial score (nSPS) is 13.2. The average Bonchev–Trinajstić information content (AvgIpc) is 3.49. The van der Waals surface area contributed by atoms with Gasteiger partial charge in [0.2, 0.25) is 11.8 Å². The molecule has 4 aromatic rings. The van der Waals surface area contributed by atoms with Crippen molar-refractivity contribution in [2.24, 2.45) is 0 Å². The molecule has 0 aliphatic heterocycles. The maximum absolute atomic E-state index is 10.9. The topological polar surface area (TPSA) is 116 Å². The minimum Gasteiger partial charge on any atom is -0.419 e. The standard InChI is InChI=1S/C24H27N7O3S/c1-5-20(29(3)4)21-25-28-24(30(21)15-17-9-7-6-8-10-17)35-16(2)22-26-27-23(34-22)18-11-13-19(14-12-18)31(32)33/h6-14,16,20H,5,15H2,1-4H3. The van der Waals surface area contributed by atoms with Gasteiger partial charge in [-0.3, -0.25) is 15.0 Å². The van der Waals surface area contributed by atoms with E-state index in [-0.39, 0.29) is 17.0 Å². The van der Waals surface area contributed by atoms with E-state index in [1.165, 1.54) is 23.9 Å². The summed E-state index contributed by atoms with van der Waals surface area (Å²) >= 11 is 1.50. The van der Waals surface area contributed by atoms with E-state index in [4.69, 9.17) is 4.42 Å². The Morgan fingerprint density at radius 2 is 1.77 bits per heavy atom. The Morgan fingerprint density at radius 3 is 2.40 bits per heavy atom. The van der Waals surface area contributed by atoms with Gasteiger partial charge in [0, 0.05) is 17.7 Å². The molecule has 0 bridgehead atoms. The Bertz CT molecular complexity index is 1270. The second-order valence-corrected chi connectivity index (χ2v) is 9.62. The van der Waals surface area contributed by atoms with Crippen LogP contribution in [0.15, 0.2) is 64.2 Å². The summed E-state index contributed by atoms with van der Waals surface area (Å²) in [7, 11) is 4.09. The average molecular weight is 494 g/mol. The van der Waals surface area contributed by atoms with E-state index in [0.29, 0.717) is 23.9 Å². The molecule has 0 radical (unpaired) electrons. The number of aromatic nitrogens is 5. The van der Waals surface area contributed by atoms with E-state index in [1.54, 1.807) is 12.1 Å². The van der Waals surface area contributed by atoms with Crippen LogP contribution >= 0.6 is 11.8 Å². The zero-order chi connectivity index (χ0) is 24.9. The summed E-state index contributed by atoms with van der Waals surface area (Å²) in [6.07, 6.45) is 0.905. The Balaban J connectivity index is 1.58. The van der Waals surface area contributed by atoms with Gasteiger partial charge in [-0.15, -0.1) is 20.4 Å². The van der Waals surface area contributed by atoms with E-state index in [0.717, 1.165) is 23.0 Å². The van der Waals surface area contributed by atoms with Gasteiger partial charge in [-0.25, -0.2) is 0 Å². The van der Waals surface area contributed by atoms with Gasteiger partial charge in [0.25, 0.3) is 5.69 Å². The predicted octanol–water partition coefficient (Wildman–Crippen LogP) is 5.15. The molecule has 0 fully saturated rings. The number of non-ortho nitro benzene ring substituents is 1. The van der Waals surface area contributed by atoms with E-state index in [9.17, 15) is 10.1 Å². The Morgan fingerprint density at radius 1 is 1.06 bits per heavy atom. The summed E-state index contributed by atoms with van der Waals surface area (Å²) in [4.78, 5) is 12.6. The van der Waals surface area contributed by atoms with Crippen LogP contribution in [0.3, 0.4) is 0 Å². The zero-order valence-corrected chi connectivity index (χ0v) is 20.8. The molecule has 2 heterocycles. The van der Waals surface area contributed by atoms with Crippen molar-refractivity contribution < 1.29 is 9.34 Å². The third-order valence-electron chi connectivity index (χ3n) is 5.63. The van der Waals surface area contributed by atoms with E-state index in [1.807, 2.05) is 39.2 Å². The molecule has 4 rings (SSSR count). The molecular formula is C24H27N7O3S. The molecule has 182 valence electrons. The molecule has 2 aromatic carbocycles. The summed E-state index contributed by atoms with van der Waals surface area (Å²) in [6, 6.07) is 16.4. The van der Waals surface area contributed by atoms with Crippen LogP contribution in [-0.4, -0.2) is 48.9 Å². The van der Waals surface area contributed by atoms with Crippen LogP contribution in [0.5, 0.6) is 0 Å². The van der Waals surface area contributed by atoms with Gasteiger partial charge in [0.1, 0.15) is 0 Å². The number of hydrogen-bond acceptors (Lipinski definition) is 9. The number of nitrogens with zero attached hydrogens (tertiary/aromatic N) is 7. The maximum atomic E-state index is 10.9. The SMILES string of the molecule is CCC(c1nnc(SC(C)c2nnc(-c3ccc([N+](=O)[O-])cc3)o2)n1Cc1ccccc1)N(C)C. The van der Waals surface area contributed by atoms with Gasteiger partial charge >= 0.3 is 0 Å². The smallest absolute Gasteiger partial charge is 0.269 e. The first-order chi connectivity index (χ1) is 16.9. The molecule has 11 heteroatoms. The highest BCUT2D eigenvalue weighted by molar-refractivity contribution is 7.99. The van der Waals surface area contributed by atoms with Crippen molar-refractivity contribution in [2.75, 3.05) is 14.1 Å². The Hall–Kier alpha value is -3.57. The molecule has 0 amide bonds. The molecular weight excluding hydrogens is 466 g/mol. The molecule has 0 spiro atoms. The largest absolute Gasteiger partial charge is 0.419 e. The first-order valence-electron chi connectivity index (χ1n) is 11.3. The van der Waals surface area contributed by atoms with Gasteiger partial charge in [0.05, 0.1) is 22.8 Å².